The van der Waals surface area contributed by atoms with Crippen LogP contribution in [0.4, 0.5) is 0 Å². The summed E-state index contributed by atoms with van der Waals surface area (Å²) in [5.41, 5.74) is 0.659. The highest BCUT2D eigenvalue weighted by Crippen LogP contribution is 2.19. The highest BCUT2D eigenvalue weighted by Gasteiger charge is 2.16. The summed E-state index contributed by atoms with van der Waals surface area (Å²) in [6.07, 6.45) is 2.96. The summed E-state index contributed by atoms with van der Waals surface area (Å²) in [6, 6.07) is 1.18. The number of carboxylic acids is 1. The maximum atomic E-state index is 11.0. The van der Waals surface area contributed by atoms with E-state index in [2.05, 4.69) is 26.2 Å². The highest BCUT2D eigenvalue weighted by atomic mass is 79.9. The van der Waals surface area contributed by atoms with E-state index in [1.807, 2.05) is 0 Å². The second kappa shape index (κ2) is 5.60. The largest absolute Gasteiger partial charge is 0.481 e. The molecule has 0 bridgehead atoms. The van der Waals surface area contributed by atoms with Gasteiger partial charge in [0.1, 0.15) is 0 Å². The summed E-state index contributed by atoms with van der Waals surface area (Å²) >= 11 is 3.24. The Morgan fingerprint density at radius 1 is 1.56 bits per heavy atom. The zero-order valence-corrected chi connectivity index (χ0v) is 10.2. The molecule has 0 spiro atoms. The molecule has 0 aliphatic carbocycles. The molecule has 1 heterocycles. The third kappa shape index (κ3) is 3.98. The molecule has 16 heavy (non-hydrogen) atoms. The molecule has 1 aromatic rings. The van der Waals surface area contributed by atoms with Crippen LogP contribution < -0.4 is 5.32 Å². The van der Waals surface area contributed by atoms with Gasteiger partial charge in [0.15, 0.2) is 0 Å². The first-order valence-corrected chi connectivity index (χ1v) is 5.37. The van der Waals surface area contributed by atoms with Gasteiger partial charge in [-0.1, -0.05) is 0 Å². The first-order valence-electron chi connectivity index (χ1n) is 4.58. The standard InChI is InChI=1S/C10H11BrN2O3/c1-6(14)13-9(3-10(15)16)7-2-8(11)5-12-4-7/h2,4-5,9H,3H2,1H3,(H,13,14)(H,15,16). The van der Waals surface area contributed by atoms with Gasteiger partial charge < -0.3 is 10.4 Å². The fraction of sp³-hybridized carbons (Fsp3) is 0.300. The normalized spacial score (nSPS) is 11.9. The second-order valence-electron chi connectivity index (χ2n) is 3.29. The van der Waals surface area contributed by atoms with E-state index < -0.39 is 12.0 Å². The third-order valence-electron chi connectivity index (χ3n) is 1.88. The lowest BCUT2D eigenvalue weighted by Gasteiger charge is -2.15. The van der Waals surface area contributed by atoms with E-state index in [0.717, 1.165) is 4.47 Å². The molecule has 0 radical (unpaired) electrons. The highest BCUT2D eigenvalue weighted by molar-refractivity contribution is 9.10. The number of amides is 1. The molecule has 0 aliphatic heterocycles. The fourth-order valence-electron chi connectivity index (χ4n) is 1.29. The minimum absolute atomic E-state index is 0.169. The number of halogens is 1. The summed E-state index contributed by atoms with van der Waals surface area (Å²) in [5.74, 6) is -1.25. The smallest absolute Gasteiger partial charge is 0.305 e. The number of nitrogens with one attached hydrogen (secondary N) is 1. The quantitative estimate of drug-likeness (QED) is 0.879. The Morgan fingerprint density at radius 2 is 2.25 bits per heavy atom. The Labute approximate surface area is 101 Å². The van der Waals surface area contributed by atoms with E-state index in [-0.39, 0.29) is 12.3 Å². The molecule has 2 N–H and O–H groups in total. The molecule has 0 saturated carbocycles. The van der Waals surface area contributed by atoms with E-state index in [1.165, 1.54) is 13.1 Å². The summed E-state index contributed by atoms with van der Waals surface area (Å²) in [7, 11) is 0. The van der Waals surface area contributed by atoms with Gasteiger partial charge in [0.2, 0.25) is 5.91 Å². The SMILES string of the molecule is CC(=O)NC(CC(=O)O)c1cncc(Br)c1. The average molecular weight is 287 g/mol. The van der Waals surface area contributed by atoms with E-state index in [0.29, 0.717) is 5.56 Å². The maximum Gasteiger partial charge on any atom is 0.305 e. The summed E-state index contributed by atoms with van der Waals surface area (Å²) in [6.45, 7) is 1.35. The number of rotatable bonds is 4. The molecule has 1 amide bonds. The van der Waals surface area contributed by atoms with Gasteiger partial charge in [-0.3, -0.25) is 14.6 Å². The molecular weight excluding hydrogens is 276 g/mol. The first kappa shape index (κ1) is 12.6. The van der Waals surface area contributed by atoms with Crippen molar-refractivity contribution in [2.75, 3.05) is 0 Å². The van der Waals surface area contributed by atoms with Crippen LogP contribution in [0.3, 0.4) is 0 Å². The van der Waals surface area contributed by atoms with Crippen molar-refractivity contribution in [3.63, 3.8) is 0 Å². The second-order valence-corrected chi connectivity index (χ2v) is 4.20. The van der Waals surface area contributed by atoms with Crippen LogP contribution in [-0.2, 0) is 9.59 Å². The minimum Gasteiger partial charge on any atom is -0.481 e. The molecule has 0 saturated heterocycles. The van der Waals surface area contributed by atoms with Crippen molar-refractivity contribution in [2.24, 2.45) is 0 Å². The van der Waals surface area contributed by atoms with Gasteiger partial charge in [-0.05, 0) is 27.6 Å². The van der Waals surface area contributed by atoms with Crippen LogP contribution in [0.15, 0.2) is 22.9 Å². The van der Waals surface area contributed by atoms with Crippen LogP contribution in [0.1, 0.15) is 24.9 Å². The topological polar surface area (TPSA) is 79.3 Å². The Kier molecular flexibility index (Phi) is 4.42. The molecule has 6 heteroatoms. The van der Waals surface area contributed by atoms with Gasteiger partial charge in [0.25, 0.3) is 0 Å². The van der Waals surface area contributed by atoms with Gasteiger partial charge in [0.05, 0.1) is 12.5 Å². The van der Waals surface area contributed by atoms with E-state index >= 15 is 0 Å². The Bertz CT molecular complexity index is 393. The van der Waals surface area contributed by atoms with E-state index in [9.17, 15) is 9.59 Å². The van der Waals surface area contributed by atoms with Crippen molar-refractivity contribution >= 4 is 27.8 Å². The average Bonchev–Trinajstić information content (AvgIpc) is 2.15. The number of nitrogens with zero attached hydrogens (tertiary/aromatic N) is 1. The van der Waals surface area contributed by atoms with Crippen molar-refractivity contribution in [1.82, 2.24) is 10.3 Å². The lowest BCUT2D eigenvalue weighted by Crippen LogP contribution is -2.28. The van der Waals surface area contributed by atoms with Crippen LogP contribution >= 0.6 is 15.9 Å². The zero-order chi connectivity index (χ0) is 12.1. The summed E-state index contributed by atoms with van der Waals surface area (Å²) < 4.78 is 0.741. The third-order valence-corrected chi connectivity index (χ3v) is 2.32. The zero-order valence-electron chi connectivity index (χ0n) is 8.61. The number of carboxylic acid groups (broad SMARTS) is 1. The molecule has 1 aromatic heterocycles. The fourth-order valence-corrected chi connectivity index (χ4v) is 1.67. The van der Waals surface area contributed by atoms with Gasteiger partial charge in [0, 0.05) is 23.8 Å². The Balaban J connectivity index is 2.90. The molecule has 1 atom stereocenters. The number of hydrogen-bond acceptors (Lipinski definition) is 3. The molecular formula is C10H11BrN2O3. The summed E-state index contributed by atoms with van der Waals surface area (Å²) in [4.78, 5) is 25.6. The van der Waals surface area contributed by atoms with Gasteiger partial charge in [-0.2, -0.15) is 0 Å². The van der Waals surface area contributed by atoms with Crippen LogP contribution in [0.2, 0.25) is 0 Å². The first-order chi connectivity index (χ1) is 7.49. The molecule has 1 rings (SSSR count). The number of carbonyl (C=O) groups excluding carboxylic acids is 1. The van der Waals surface area contributed by atoms with Gasteiger partial charge in [-0.25, -0.2) is 0 Å². The molecule has 0 fully saturated rings. The number of aromatic nitrogens is 1. The van der Waals surface area contributed by atoms with Gasteiger partial charge >= 0.3 is 5.97 Å². The number of hydrogen-bond donors (Lipinski definition) is 2. The monoisotopic (exact) mass is 286 g/mol. The molecule has 86 valence electrons. The van der Waals surface area contributed by atoms with E-state index in [4.69, 9.17) is 5.11 Å². The minimum atomic E-state index is -0.973. The number of carbonyl (C=O) groups is 2. The van der Waals surface area contributed by atoms with Crippen LogP contribution in [0.5, 0.6) is 0 Å². The Hall–Kier alpha value is -1.43. The molecule has 1 unspecified atom stereocenters. The Morgan fingerprint density at radius 3 is 2.75 bits per heavy atom. The van der Waals surface area contributed by atoms with Crippen LogP contribution in [0.25, 0.3) is 0 Å². The molecule has 0 aromatic carbocycles. The predicted octanol–water partition coefficient (Wildman–Crippen LogP) is 1.50. The predicted molar refractivity (Wildman–Crippen MR) is 60.7 cm³/mol. The number of pyridine rings is 1. The summed E-state index contributed by atoms with van der Waals surface area (Å²) in [5, 5.41) is 11.3. The maximum absolute atomic E-state index is 11.0. The van der Waals surface area contributed by atoms with E-state index in [1.54, 1.807) is 12.3 Å². The van der Waals surface area contributed by atoms with Crippen LogP contribution in [-0.4, -0.2) is 22.0 Å². The molecule has 0 aliphatic rings. The lowest BCUT2D eigenvalue weighted by atomic mass is 10.1. The van der Waals surface area contributed by atoms with Gasteiger partial charge in [-0.15, -0.1) is 0 Å². The molecule has 5 nitrogen and oxygen atoms in total. The van der Waals surface area contributed by atoms with Crippen molar-refractivity contribution in [1.29, 1.82) is 0 Å². The van der Waals surface area contributed by atoms with Crippen molar-refractivity contribution in [2.45, 2.75) is 19.4 Å². The van der Waals surface area contributed by atoms with Crippen molar-refractivity contribution in [3.05, 3.63) is 28.5 Å². The lowest BCUT2D eigenvalue weighted by molar-refractivity contribution is -0.137. The van der Waals surface area contributed by atoms with Crippen molar-refractivity contribution < 1.29 is 14.7 Å². The van der Waals surface area contributed by atoms with Crippen molar-refractivity contribution in [3.8, 4) is 0 Å². The van der Waals surface area contributed by atoms with Crippen LogP contribution in [0, 0.1) is 0 Å². The number of aliphatic carboxylic acids is 1.